The molecule has 3 heteroatoms. The summed E-state index contributed by atoms with van der Waals surface area (Å²) in [6.45, 7) is 8.44. The topological polar surface area (TPSA) is 18.5 Å². The molecule has 0 amide bonds. The van der Waals surface area contributed by atoms with E-state index in [4.69, 9.17) is 21.1 Å². The highest BCUT2D eigenvalue weighted by Crippen LogP contribution is 2.60. The Morgan fingerprint density at radius 3 is 2.35 bits per heavy atom. The molecule has 1 saturated heterocycles. The van der Waals surface area contributed by atoms with Crippen LogP contribution in [0.15, 0.2) is 0 Å². The summed E-state index contributed by atoms with van der Waals surface area (Å²) in [4.78, 5) is -0.111. The Hall–Kier alpha value is 0.210. The smallest absolute Gasteiger partial charge is 0.157 e. The SMILES string of the molecule is CCCCCCCCCC(C(C)(C)Cl)C1(CCOC2CCCCO2)CC1. The van der Waals surface area contributed by atoms with Crippen molar-refractivity contribution < 1.29 is 9.47 Å². The first-order valence-corrected chi connectivity index (χ1v) is 11.8. The lowest BCUT2D eigenvalue weighted by Gasteiger charge is -2.36. The Kier molecular flexibility index (Phi) is 9.75. The Morgan fingerprint density at radius 1 is 1.08 bits per heavy atom. The van der Waals surface area contributed by atoms with Gasteiger partial charge in [0.25, 0.3) is 0 Å². The van der Waals surface area contributed by atoms with Crippen molar-refractivity contribution in [2.75, 3.05) is 13.2 Å². The summed E-state index contributed by atoms with van der Waals surface area (Å²) in [6, 6.07) is 0. The Labute approximate surface area is 167 Å². The summed E-state index contributed by atoms with van der Waals surface area (Å²) < 4.78 is 11.7. The highest BCUT2D eigenvalue weighted by Gasteiger charge is 2.53. The van der Waals surface area contributed by atoms with Gasteiger partial charge in [0.15, 0.2) is 6.29 Å². The zero-order chi connectivity index (χ0) is 18.9. The third-order valence-corrected chi connectivity index (χ3v) is 6.86. The number of rotatable bonds is 14. The molecule has 2 nitrogen and oxygen atoms in total. The molecule has 26 heavy (non-hydrogen) atoms. The Bertz CT molecular complexity index is 367. The summed E-state index contributed by atoms with van der Waals surface area (Å²) in [7, 11) is 0. The van der Waals surface area contributed by atoms with Gasteiger partial charge in [-0.2, -0.15) is 0 Å². The number of alkyl halides is 1. The maximum Gasteiger partial charge on any atom is 0.157 e. The van der Waals surface area contributed by atoms with E-state index < -0.39 is 0 Å². The molecule has 154 valence electrons. The van der Waals surface area contributed by atoms with E-state index in [9.17, 15) is 0 Å². The van der Waals surface area contributed by atoms with Crippen molar-refractivity contribution in [2.45, 2.75) is 122 Å². The minimum Gasteiger partial charge on any atom is -0.353 e. The molecule has 0 aromatic rings. The Morgan fingerprint density at radius 2 is 1.77 bits per heavy atom. The van der Waals surface area contributed by atoms with Crippen LogP contribution in [0.5, 0.6) is 0 Å². The molecule has 2 rings (SSSR count). The largest absolute Gasteiger partial charge is 0.353 e. The van der Waals surface area contributed by atoms with Gasteiger partial charge in [0.1, 0.15) is 0 Å². The standard InChI is InChI=1S/C23H43ClO2/c1-4-5-6-7-8-9-10-13-20(22(2,3)24)23(15-16-23)17-19-26-21-14-11-12-18-25-21/h20-21H,4-19H2,1-3H3. The number of halogens is 1. The van der Waals surface area contributed by atoms with Gasteiger partial charge in [0.05, 0.1) is 6.61 Å². The molecule has 2 atom stereocenters. The fourth-order valence-electron chi connectivity index (χ4n) is 4.85. The average molecular weight is 387 g/mol. The van der Waals surface area contributed by atoms with E-state index in [1.165, 1.54) is 77.0 Å². The molecular formula is C23H43ClO2. The van der Waals surface area contributed by atoms with Gasteiger partial charge >= 0.3 is 0 Å². The van der Waals surface area contributed by atoms with Gasteiger partial charge in [0.2, 0.25) is 0 Å². The molecule has 1 aliphatic heterocycles. The third kappa shape index (κ3) is 7.68. The average Bonchev–Trinajstić information content (AvgIpc) is 3.37. The highest BCUT2D eigenvalue weighted by molar-refractivity contribution is 6.23. The van der Waals surface area contributed by atoms with Crippen LogP contribution in [0, 0.1) is 11.3 Å². The summed E-state index contributed by atoms with van der Waals surface area (Å²) in [5.41, 5.74) is 0.433. The molecule has 2 aliphatic rings. The van der Waals surface area contributed by atoms with Gasteiger partial charge in [-0.15, -0.1) is 11.6 Å². The van der Waals surface area contributed by atoms with Gasteiger partial charge in [-0.1, -0.05) is 51.9 Å². The van der Waals surface area contributed by atoms with Gasteiger partial charge in [0, 0.05) is 11.5 Å². The van der Waals surface area contributed by atoms with Crippen molar-refractivity contribution >= 4 is 11.6 Å². The van der Waals surface area contributed by atoms with Crippen LogP contribution in [0.2, 0.25) is 0 Å². The van der Waals surface area contributed by atoms with Crippen LogP contribution in [-0.4, -0.2) is 24.4 Å². The predicted molar refractivity (Wildman–Crippen MR) is 112 cm³/mol. The monoisotopic (exact) mass is 386 g/mol. The van der Waals surface area contributed by atoms with Crippen molar-refractivity contribution in [1.82, 2.24) is 0 Å². The van der Waals surface area contributed by atoms with Crippen LogP contribution in [-0.2, 0) is 9.47 Å². The second-order valence-electron chi connectivity index (χ2n) is 9.31. The van der Waals surface area contributed by atoms with Gasteiger partial charge < -0.3 is 9.47 Å². The fraction of sp³-hybridized carbons (Fsp3) is 1.00. The van der Waals surface area contributed by atoms with E-state index in [1.807, 2.05) is 0 Å². The molecule has 0 N–H and O–H groups in total. The van der Waals surface area contributed by atoms with E-state index in [2.05, 4.69) is 20.8 Å². The maximum absolute atomic E-state index is 6.87. The second kappa shape index (κ2) is 11.3. The third-order valence-electron chi connectivity index (χ3n) is 6.60. The van der Waals surface area contributed by atoms with Crippen LogP contribution in [0.4, 0.5) is 0 Å². The second-order valence-corrected chi connectivity index (χ2v) is 10.3. The molecular weight excluding hydrogens is 344 g/mol. The van der Waals surface area contributed by atoms with Gasteiger partial charge in [-0.05, 0) is 70.1 Å². The number of hydrogen-bond donors (Lipinski definition) is 0. The van der Waals surface area contributed by atoms with E-state index in [0.717, 1.165) is 26.1 Å². The zero-order valence-corrected chi connectivity index (χ0v) is 18.4. The first kappa shape index (κ1) is 22.5. The molecule has 0 spiro atoms. The van der Waals surface area contributed by atoms with Crippen molar-refractivity contribution in [3.8, 4) is 0 Å². The maximum atomic E-state index is 6.87. The number of ether oxygens (including phenoxy) is 2. The van der Waals surface area contributed by atoms with E-state index in [1.54, 1.807) is 0 Å². The highest BCUT2D eigenvalue weighted by atomic mass is 35.5. The number of unbranched alkanes of at least 4 members (excludes halogenated alkanes) is 6. The van der Waals surface area contributed by atoms with Crippen LogP contribution in [0.3, 0.4) is 0 Å². The molecule has 1 saturated carbocycles. The van der Waals surface area contributed by atoms with Crippen LogP contribution in [0.25, 0.3) is 0 Å². The van der Waals surface area contributed by atoms with Crippen LogP contribution in [0.1, 0.15) is 111 Å². The summed E-state index contributed by atoms with van der Waals surface area (Å²) >= 11 is 6.87. The molecule has 0 radical (unpaired) electrons. The zero-order valence-electron chi connectivity index (χ0n) is 17.7. The van der Waals surface area contributed by atoms with Crippen molar-refractivity contribution in [3.05, 3.63) is 0 Å². The van der Waals surface area contributed by atoms with Gasteiger partial charge in [-0.25, -0.2) is 0 Å². The lowest BCUT2D eigenvalue weighted by Crippen LogP contribution is -2.34. The van der Waals surface area contributed by atoms with E-state index in [-0.39, 0.29) is 11.2 Å². The van der Waals surface area contributed by atoms with Crippen LogP contribution >= 0.6 is 11.6 Å². The summed E-state index contributed by atoms with van der Waals surface area (Å²) in [5, 5.41) is 0. The molecule has 0 aromatic carbocycles. The fourth-order valence-corrected chi connectivity index (χ4v) is 5.19. The molecule has 0 aromatic heterocycles. The molecule has 0 bridgehead atoms. The van der Waals surface area contributed by atoms with Gasteiger partial charge in [-0.3, -0.25) is 0 Å². The molecule has 2 fully saturated rings. The first-order chi connectivity index (χ1) is 12.5. The lowest BCUT2D eigenvalue weighted by atomic mass is 9.75. The number of hydrogen-bond acceptors (Lipinski definition) is 2. The first-order valence-electron chi connectivity index (χ1n) is 11.4. The van der Waals surface area contributed by atoms with Crippen molar-refractivity contribution in [2.24, 2.45) is 11.3 Å². The normalized spacial score (nSPS) is 23.8. The van der Waals surface area contributed by atoms with Crippen molar-refractivity contribution in [3.63, 3.8) is 0 Å². The lowest BCUT2D eigenvalue weighted by molar-refractivity contribution is -0.165. The Balaban J connectivity index is 1.70. The quantitative estimate of drug-likeness (QED) is 0.227. The summed E-state index contributed by atoms with van der Waals surface area (Å²) in [6.07, 6.45) is 18.3. The molecule has 1 heterocycles. The molecule has 1 aliphatic carbocycles. The summed E-state index contributed by atoms with van der Waals surface area (Å²) in [5.74, 6) is 0.614. The minimum atomic E-state index is -0.111. The molecule has 2 unspecified atom stereocenters. The van der Waals surface area contributed by atoms with E-state index in [0.29, 0.717) is 11.3 Å². The minimum absolute atomic E-state index is 0.0464. The van der Waals surface area contributed by atoms with E-state index >= 15 is 0 Å². The van der Waals surface area contributed by atoms with Crippen LogP contribution < -0.4 is 0 Å². The van der Waals surface area contributed by atoms with Crippen molar-refractivity contribution in [1.29, 1.82) is 0 Å². The predicted octanol–water partition coefficient (Wildman–Crippen LogP) is 7.47.